The van der Waals surface area contributed by atoms with Crippen LogP contribution in [0.5, 0.6) is 0 Å². The van der Waals surface area contributed by atoms with E-state index in [1.165, 1.54) is 28.9 Å². The number of aromatic nitrogens is 2. The van der Waals surface area contributed by atoms with Crippen LogP contribution in [-0.2, 0) is 16.6 Å². The third-order valence-corrected chi connectivity index (χ3v) is 8.04. The molecule has 1 saturated carbocycles. The smallest absolute Gasteiger partial charge is 0.268 e. The van der Waals surface area contributed by atoms with Crippen molar-refractivity contribution in [1.29, 1.82) is 0 Å². The molecule has 0 bridgehead atoms. The Hall–Kier alpha value is -3.45. The Balaban J connectivity index is 1.41. The lowest BCUT2D eigenvalue weighted by Crippen LogP contribution is -2.23. The number of rotatable bonds is 6. The average Bonchev–Trinajstić information content (AvgIpc) is 3.51. The van der Waals surface area contributed by atoms with E-state index in [9.17, 15) is 13.2 Å². The van der Waals surface area contributed by atoms with Gasteiger partial charge >= 0.3 is 0 Å². The van der Waals surface area contributed by atoms with Crippen molar-refractivity contribution in [2.45, 2.75) is 43.0 Å². The van der Waals surface area contributed by atoms with Crippen molar-refractivity contribution in [3.8, 4) is 0 Å². The summed E-state index contributed by atoms with van der Waals surface area (Å²) >= 11 is 0. The lowest BCUT2D eigenvalue weighted by Gasteiger charge is -2.09. The fourth-order valence-corrected chi connectivity index (χ4v) is 5.99. The van der Waals surface area contributed by atoms with Gasteiger partial charge in [-0.1, -0.05) is 37.1 Å². The number of carbonyl (C=O) groups excluding carboxylic acids is 1. The second-order valence-electron chi connectivity index (χ2n) is 8.45. The first-order valence-electron chi connectivity index (χ1n) is 11.2. The molecule has 1 aliphatic carbocycles. The van der Waals surface area contributed by atoms with Crippen molar-refractivity contribution in [2.75, 3.05) is 0 Å². The van der Waals surface area contributed by atoms with Gasteiger partial charge in [0.25, 0.3) is 15.9 Å². The first kappa shape index (κ1) is 21.4. The molecular weight excluding hydrogens is 434 g/mol. The van der Waals surface area contributed by atoms with Crippen LogP contribution in [0, 0.1) is 0 Å². The quantitative estimate of drug-likeness (QED) is 0.446. The van der Waals surface area contributed by atoms with Crippen LogP contribution in [0.3, 0.4) is 0 Å². The van der Waals surface area contributed by atoms with Crippen molar-refractivity contribution in [1.82, 2.24) is 14.3 Å². The topological polar surface area (TPSA) is 81.1 Å². The van der Waals surface area contributed by atoms with Crippen LogP contribution in [0.1, 0.15) is 53.1 Å². The highest BCUT2D eigenvalue weighted by atomic mass is 32.2. The molecule has 1 fully saturated rings. The summed E-state index contributed by atoms with van der Waals surface area (Å²) in [5.74, 6) is 0.134. The van der Waals surface area contributed by atoms with E-state index in [0.29, 0.717) is 23.5 Å². The highest BCUT2D eigenvalue weighted by Crippen LogP contribution is 2.39. The number of para-hydroxylation sites is 1. The highest BCUT2D eigenvalue weighted by molar-refractivity contribution is 7.90. The molecule has 0 aliphatic heterocycles. The van der Waals surface area contributed by atoms with Crippen LogP contribution in [0.15, 0.2) is 84.1 Å². The van der Waals surface area contributed by atoms with E-state index in [1.54, 1.807) is 30.7 Å². The fraction of sp³-hybridized carbons (Fsp3) is 0.231. The molecule has 0 saturated heterocycles. The van der Waals surface area contributed by atoms with Crippen LogP contribution in [-0.4, -0.2) is 23.3 Å². The molecule has 1 aliphatic rings. The summed E-state index contributed by atoms with van der Waals surface area (Å²) in [6.45, 7) is 0.353. The normalized spacial score (nSPS) is 14.5. The third-order valence-electron chi connectivity index (χ3n) is 6.35. The Morgan fingerprint density at radius 3 is 2.48 bits per heavy atom. The van der Waals surface area contributed by atoms with E-state index in [0.717, 1.165) is 29.4 Å². The molecule has 168 valence electrons. The molecule has 2 heterocycles. The predicted molar refractivity (Wildman–Crippen MR) is 128 cm³/mol. The molecule has 6 nitrogen and oxygen atoms in total. The molecule has 5 rings (SSSR count). The summed E-state index contributed by atoms with van der Waals surface area (Å²) in [5.41, 5.74) is 3.10. The number of hydrogen-bond donors (Lipinski definition) is 1. The lowest BCUT2D eigenvalue weighted by molar-refractivity contribution is 0.0951. The number of benzene rings is 2. The zero-order chi connectivity index (χ0) is 22.8. The minimum Gasteiger partial charge on any atom is -0.348 e. The van der Waals surface area contributed by atoms with Gasteiger partial charge in [0, 0.05) is 36.1 Å². The van der Waals surface area contributed by atoms with Crippen molar-refractivity contribution in [3.05, 3.63) is 95.9 Å². The van der Waals surface area contributed by atoms with Gasteiger partial charge in [0.2, 0.25) is 0 Å². The Kier molecular flexibility index (Phi) is 5.72. The van der Waals surface area contributed by atoms with Crippen LogP contribution in [0.25, 0.3) is 10.9 Å². The van der Waals surface area contributed by atoms with E-state index in [1.807, 2.05) is 36.4 Å². The number of nitrogens with one attached hydrogen (secondary N) is 1. The van der Waals surface area contributed by atoms with Gasteiger partial charge in [-0.3, -0.25) is 9.78 Å². The third kappa shape index (κ3) is 4.16. The fourth-order valence-electron chi connectivity index (χ4n) is 4.62. The molecule has 0 spiro atoms. The summed E-state index contributed by atoms with van der Waals surface area (Å²) < 4.78 is 28.4. The molecule has 0 unspecified atom stereocenters. The van der Waals surface area contributed by atoms with Crippen molar-refractivity contribution >= 4 is 26.8 Å². The van der Waals surface area contributed by atoms with Crippen molar-refractivity contribution in [3.63, 3.8) is 0 Å². The van der Waals surface area contributed by atoms with Gasteiger partial charge in [0.1, 0.15) is 0 Å². The molecule has 1 N–H and O–H groups in total. The van der Waals surface area contributed by atoms with Gasteiger partial charge in [0.05, 0.1) is 10.4 Å². The number of hydrogen-bond acceptors (Lipinski definition) is 4. The maximum Gasteiger partial charge on any atom is 0.268 e. The highest BCUT2D eigenvalue weighted by Gasteiger charge is 2.26. The second-order valence-corrected chi connectivity index (χ2v) is 10.3. The Morgan fingerprint density at radius 2 is 1.76 bits per heavy atom. The average molecular weight is 460 g/mol. The summed E-state index contributed by atoms with van der Waals surface area (Å²) in [6, 6.07) is 17.5. The van der Waals surface area contributed by atoms with Crippen LogP contribution < -0.4 is 5.32 Å². The van der Waals surface area contributed by atoms with Gasteiger partial charge in [0.15, 0.2) is 0 Å². The van der Waals surface area contributed by atoms with Gasteiger partial charge in [-0.25, -0.2) is 12.4 Å². The first-order chi connectivity index (χ1) is 16.0. The van der Waals surface area contributed by atoms with E-state index >= 15 is 0 Å². The SMILES string of the molecule is O=C(NCc1cccnc1)c1ccc(S(=O)(=O)n2cc(C3CCCC3)c3ccccc32)cc1. The minimum atomic E-state index is -3.80. The van der Waals surface area contributed by atoms with Crippen LogP contribution >= 0.6 is 0 Å². The van der Waals surface area contributed by atoms with E-state index in [4.69, 9.17) is 0 Å². The molecule has 0 radical (unpaired) electrons. The minimum absolute atomic E-state index is 0.157. The number of fused-ring (bicyclic) bond motifs is 1. The summed E-state index contributed by atoms with van der Waals surface area (Å²) in [7, 11) is -3.80. The van der Waals surface area contributed by atoms with Gasteiger partial charge in [-0.2, -0.15) is 0 Å². The number of nitrogens with zero attached hydrogens (tertiary/aromatic N) is 2. The molecule has 7 heteroatoms. The van der Waals surface area contributed by atoms with Crippen molar-refractivity contribution < 1.29 is 13.2 Å². The molecule has 1 amide bonds. The van der Waals surface area contributed by atoms with Crippen molar-refractivity contribution in [2.24, 2.45) is 0 Å². The molecule has 33 heavy (non-hydrogen) atoms. The van der Waals surface area contributed by atoms with E-state index < -0.39 is 10.0 Å². The summed E-state index contributed by atoms with van der Waals surface area (Å²) in [5, 5.41) is 3.83. The van der Waals surface area contributed by atoms with Gasteiger partial charge < -0.3 is 5.32 Å². The van der Waals surface area contributed by atoms with Crippen LogP contribution in [0.4, 0.5) is 0 Å². The molecule has 2 aromatic heterocycles. The number of amides is 1. The van der Waals surface area contributed by atoms with Gasteiger partial charge in [-0.15, -0.1) is 0 Å². The maximum absolute atomic E-state index is 13.5. The summed E-state index contributed by atoms with van der Waals surface area (Å²) in [6.07, 6.45) is 9.72. The standard InChI is InChI=1S/C26H25N3O3S/c30-26(28-17-19-6-5-15-27-16-19)21-11-13-22(14-12-21)33(31,32)29-18-24(20-7-1-2-8-20)23-9-3-4-10-25(23)29/h3-6,9-16,18,20H,1-2,7-8,17H2,(H,28,30). The molecule has 4 aromatic rings. The molecular formula is C26H25N3O3S. The largest absolute Gasteiger partial charge is 0.348 e. The lowest BCUT2D eigenvalue weighted by atomic mass is 9.97. The zero-order valence-corrected chi connectivity index (χ0v) is 19.0. The number of pyridine rings is 1. The molecule has 0 atom stereocenters. The van der Waals surface area contributed by atoms with Crippen LogP contribution in [0.2, 0.25) is 0 Å². The first-order valence-corrected chi connectivity index (χ1v) is 12.6. The van der Waals surface area contributed by atoms with E-state index in [-0.39, 0.29) is 10.8 Å². The van der Waals surface area contributed by atoms with Gasteiger partial charge in [-0.05, 0) is 66.3 Å². The Bertz CT molecular complexity index is 1390. The molecule has 2 aromatic carbocycles. The monoisotopic (exact) mass is 459 g/mol. The Morgan fingerprint density at radius 1 is 1.00 bits per heavy atom. The zero-order valence-electron chi connectivity index (χ0n) is 18.1. The summed E-state index contributed by atoms with van der Waals surface area (Å²) in [4.78, 5) is 16.7. The second kappa shape index (κ2) is 8.83. The van der Waals surface area contributed by atoms with E-state index in [2.05, 4.69) is 10.3 Å². The predicted octanol–water partition coefficient (Wildman–Crippen LogP) is 4.86. The Labute approximate surface area is 193 Å². The maximum atomic E-state index is 13.5. The number of carbonyl (C=O) groups is 1.